The first-order valence-electron chi connectivity index (χ1n) is 21.2. The van der Waals surface area contributed by atoms with E-state index in [9.17, 15) is 32.3 Å². The Hall–Kier alpha value is -6.92. The van der Waals surface area contributed by atoms with Crippen LogP contribution < -0.4 is 25.0 Å². The number of aromatic amines is 1. The monoisotopic (exact) mass is 902 g/mol. The maximum atomic E-state index is 16.7. The van der Waals surface area contributed by atoms with Crippen LogP contribution in [0.1, 0.15) is 66.1 Å². The molecule has 14 nitrogen and oxygen atoms in total. The summed E-state index contributed by atoms with van der Waals surface area (Å²) in [6.07, 6.45) is 1.86. The first kappa shape index (κ1) is 44.7. The van der Waals surface area contributed by atoms with Crippen LogP contribution in [0.25, 0.3) is 27.6 Å². The van der Waals surface area contributed by atoms with Gasteiger partial charge in [-0.1, -0.05) is 18.2 Å². The molecule has 3 N–H and O–H groups in total. The maximum absolute atomic E-state index is 16.7. The van der Waals surface area contributed by atoms with Gasteiger partial charge in [0.2, 0.25) is 17.7 Å². The number of imide groups is 1. The molecule has 0 radical (unpaired) electrons. The minimum absolute atomic E-state index is 0.00125. The molecule has 3 aliphatic heterocycles. The Morgan fingerprint density at radius 1 is 0.969 bits per heavy atom. The van der Waals surface area contributed by atoms with E-state index < -0.39 is 41.6 Å². The lowest BCUT2D eigenvalue weighted by atomic mass is 9.87. The van der Waals surface area contributed by atoms with E-state index in [1.807, 2.05) is 4.90 Å². The highest BCUT2D eigenvalue weighted by atomic mass is 19.4. The Morgan fingerprint density at radius 2 is 1.75 bits per heavy atom. The number of methoxy groups -OCH3 is 1. The van der Waals surface area contributed by atoms with Gasteiger partial charge in [-0.3, -0.25) is 29.2 Å². The van der Waals surface area contributed by atoms with E-state index in [0.717, 1.165) is 0 Å². The van der Waals surface area contributed by atoms with Gasteiger partial charge in [-0.05, 0) is 72.6 Å². The predicted molar refractivity (Wildman–Crippen MR) is 231 cm³/mol. The zero-order valence-electron chi connectivity index (χ0n) is 35.9. The molecule has 0 bridgehead atoms. The van der Waals surface area contributed by atoms with Crippen molar-refractivity contribution < 1.29 is 50.6 Å². The molecule has 5 aromatic rings. The molecule has 0 saturated carbocycles. The van der Waals surface area contributed by atoms with Gasteiger partial charge in [-0.2, -0.15) is 5.10 Å². The lowest BCUT2D eigenvalue weighted by Crippen LogP contribution is -2.47. The first-order chi connectivity index (χ1) is 31.1. The van der Waals surface area contributed by atoms with Crippen molar-refractivity contribution in [2.75, 3.05) is 57.6 Å². The molecule has 1 atom stereocenters. The number of aryl methyl sites for hydroxylation is 1. The van der Waals surface area contributed by atoms with E-state index in [1.54, 1.807) is 40.2 Å². The molecule has 1 unspecified atom stereocenters. The van der Waals surface area contributed by atoms with Crippen LogP contribution in [-0.2, 0) is 20.9 Å². The number of aromatic nitrogens is 3. The van der Waals surface area contributed by atoms with Crippen LogP contribution in [0.15, 0.2) is 67.0 Å². The highest BCUT2D eigenvalue weighted by Gasteiger charge is 2.35. The summed E-state index contributed by atoms with van der Waals surface area (Å²) >= 11 is 0. The summed E-state index contributed by atoms with van der Waals surface area (Å²) in [4.78, 5) is 58.0. The molecular formula is C46H47F5N8O6. The van der Waals surface area contributed by atoms with Crippen LogP contribution in [0.2, 0.25) is 0 Å². The van der Waals surface area contributed by atoms with Gasteiger partial charge in [0.05, 0.1) is 24.0 Å². The Balaban J connectivity index is 1.08. The number of nitrogens with one attached hydrogen (secondary N) is 3. The molecule has 4 amide bonds. The van der Waals surface area contributed by atoms with Gasteiger partial charge >= 0.3 is 6.36 Å². The normalized spacial score (nSPS) is 17.2. The summed E-state index contributed by atoms with van der Waals surface area (Å²) in [5.41, 5.74) is 1.65. The number of hydrogen-bond donors (Lipinski definition) is 3. The molecule has 0 spiro atoms. The van der Waals surface area contributed by atoms with Crippen molar-refractivity contribution in [3.8, 4) is 22.6 Å². The third-order valence-corrected chi connectivity index (χ3v) is 12.1. The van der Waals surface area contributed by atoms with E-state index in [0.29, 0.717) is 56.6 Å². The Labute approximate surface area is 370 Å². The number of nitrogens with zero attached hydrogens (tertiary/aromatic N) is 5. The van der Waals surface area contributed by atoms with E-state index in [1.165, 1.54) is 62.5 Å². The van der Waals surface area contributed by atoms with Gasteiger partial charge in [0.15, 0.2) is 5.82 Å². The summed E-state index contributed by atoms with van der Waals surface area (Å²) in [6.45, 7) is 1.48. The predicted octanol–water partition coefficient (Wildman–Crippen LogP) is 7.23. The average molecular weight is 903 g/mol. The molecule has 0 aliphatic carbocycles. The van der Waals surface area contributed by atoms with Gasteiger partial charge in [0.1, 0.15) is 29.1 Å². The summed E-state index contributed by atoms with van der Waals surface area (Å²) < 4.78 is 87.2. The number of amides is 4. The number of ether oxygens (including phenoxy) is 2. The Bertz CT molecular complexity index is 2670. The summed E-state index contributed by atoms with van der Waals surface area (Å²) in [5.74, 6) is -3.36. The molecule has 2 saturated heterocycles. The maximum Gasteiger partial charge on any atom is 0.573 e. The van der Waals surface area contributed by atoms with Gasteiger partial charge in [-0.25, -0.2) is 8.78 Å². The number of rotatable bonds is 12. The number of carbonyl (C=O) groups excluding carboxylic acids is 4. The number of piperidine rings is 2. The van der Waals surface area contributed by atoms with Crippen LogP contribution in [0, 0.1) is 11.6 Å². The standard InChI is InChI=1S/C46H47F5N8O6/c1-56(2)45(63)36-22-32-31(21-30(42(48)43(32)54-36)28-6-4-15-58(25-28)41(61)13-19-59-16-5-14-52-59)29-8-7-27(20-38(29)65-46(49,50)51)26-11-17-57(18-12-26)37-24-39(64-3)35(23-33(37)47)53-34-9-10-40(60)55-44(34)62/h5-8,14,16,20-24,26,34,53-54H,4,9-13,15,17-19,25H2,1-3H3,(H,55,60,62). The minimum atomic E-state index is -5.11. The van der Waals surface area contributed by atoms with E-state index in [4.69, 9.17) is 9.47 Å². The van der Waals surface area contributed by atoms with E-state index in [2.05, 4.69) is 20.7 Å². The Morgan fingerprint density at radius 3 is 2.45 bits per heavy atom. The van der Waals surface area contributed by atoms with Crippen LogP contribution in [0.5, 0.6) is 11.5 Å². The van der Waals surface area contributed by atoms with Crippen LogP contribution in [-0.4, -0.2) is 108 Å². The first-order valence-corrected chi connectivity index (χ1v) is 21.2. The van der Waals surface area contributed by atoms with Crippen molar-refractivity contribution >= 4 is 51.5 Å². The van der Waals surface area contributed by atoms with Crippen molar-refractivity contribution in [3.63, 3.8) is 0 Å². The molecule has 342 valence electrons. The topological polar surface area (TPSA) is 154 Å². The third-order valence-electron chi connectivity index (χ3n) is 12.1. The lowest BCUT2D eigenvalue weighted by Gasteiger charge is -2.34. The molecule has 3 aromatic carbocycles. The number of benzene rings is 3. The highest BCUT2D eigenvalue weighted by Crippen LogP contribution is 2.44. The summed E-state index contributed by atoms with van der Waals surface area (Å²) in [7, 11) is 4.45. The van der Waals surface area contributed by atoms with Crippen LogP contribution in [0.3, 0.4) is 0 Å². The van der Waals surface area contributed by atoms with Crippen molar-refractivity contribution in [3.05, 3.63) is 95.5 Å². The SMILES string of the molecule is COc1cc(N2CCC(c3ccc(-c4cc(C5=CCCN(C(=O)CCn6cccn6)C5)c(F)c5[nH]c(C(=O)N(C)C)cc45)c(OC(F)(F)F)c3)CC2)c(F)cc1NC1CCC(=O)NC1=O. The highest BCUT2D eigenvalue weighted by molar-refractivity contribution is 6.05. The van der Waals surface area contributed by atoms with Crippen molar-refractivity contribution in [2.45, 2.75) is 63.4 Å². The summed E-state index contributed by atoms with van der Waals surface area (Å²) in [5, 5.41) is 9.53. The van der Waals surface area contributed by atoms with Crippen molar-refractivity contribution in [1.29, 1.82) is 0 Å². The van der Waals surface area contributed by atoms with Crippen molar-refractivity contribution in [2.24, 2.45) is 0 Å². The second-order valence-corrected chi connectivity index (χ2v) is 16.5. The zero-order valence-corrected chi connectivity index (χ0v) is 35.9. The number of fused-ring (bicyclic) bond motifs is 1. The molecule has 19 heteroatoms. The van der Waals surface area contributed by atoms with E-state index in [-0.39, 0.29) is 94.0 Å². The number of carbonyl (C=O) groups is 4. The summed E-state index contributed by atoms with van der Waals surface area (Å²) in [6, 6.07) is 11.1. The largest absolute Gasteiger partial charge is 0.573 e. The smallest absolute Gasteiger partial charge is 0.495 e. The quantitative estimate of drug-likeness (QED) is 0.0870. The lowest BCUT2D eigenvalue weighted by molar-refractivity contribution is -0.274. The second-order valence-electron chi connectivity index (χ2n) is 16.5. The van der Waals surface area contributed by atoms with Gasteiger partial charge in [0.25, 0.3) is 5.91 Å². The number of anilines is 2. The molecule has 8 rings (SSSR count). The van der Waals surface area contributed by atoms with Gasteiger partial charge in [-0.15, -0.1) is 13.2 Å². The number of H-pyrrole nitrogens is 1. The van der Waals surface area contributed by atoms with Crippen LogP contribution in [0.4, 0.5) is 33.3 Å². The van der Waals surface area contributed by atoms with E-state index >= 15 is 8.78 Å². The van der Waals surface area contributed by atoms with Gasteiger partial charge < -0.3 is 34.5 Å². The fraction of sp³-hybridized carbons (Fsp3) is 0.370. The molecule has 5 heterocycles. The third kappa shape index (κ3) is 9.63. The average Bonchev–Trinajstić information content (AvgIpc) is 3.98. The molecule has 2 fully saturated rings. The number of alkyl halides is 3. The van der Waals surface area contributed by atoms with Crippen molar-refractivity contribution in [1.82, 2.24) is 29.9 Å². The molecule has 2 aromatic heterocycles. The fourth-order valence-electron chi connectivity index (χ4n) is 8.79. The molecular weight excluding hydrogens is 856 g/mol. The Kier molecular flexibility index (Phi) is 12.6. The number of hydrogen-bond acceptors (Lipinski definition) is 9. The van der Waals surface area contributed by atoms with Crippen LogP contribution >= 0.6 is 0 Å². The minimum Gasteiger partial charge on any atom is -0.495 e. The number of halogens is 5. The zero-order chi connectivity index (χ0) is 46.2. The second kappa shape index (κ2) is 18.3. The van der Waals surface area contributed by atoms with Gasteiger partial charge in [0, 0.05) is 101 Å². The fourth-order valence-corrected chi connectivity index (χ4v) is 8.79. The molecule has 65 heavy (non-hydrogen) atoms. The molecule has 3 aliphatic rings.